The maximum absolute atomic E-state index is 5.44. The average molecular weight is 461 g/mol. The van der Waals surface area contributed by atoms with Crippen molar-refractivity contribution in [3.8, 4) is 0 Å². The average Bonchev–Trinajstić information content (AvgIpc) is 2.66. The van der Waals surface area contributed by atoms with Gasteiger partial charge in [0.25, 0.3) is 0 Å². The van der Waals surface area contributed by atoms with Gasteiger partial charge in [0.05, 0.1) is 13.2 Å². The van der Waals surface area contributed by atoms with Crippen LogP contribution in [0.2, 0.25) is 0 Å². The lowest BCUT2D eigenvalue weighted by atomic mass is 10.0. The lowest BCUT2D eigenvalue weighted by Gasteiger charge is -2.29. The zero-order chi connectivity index (χ0) is 17.2. The molecule has 0 spiro atoms. The third-order valence-corrected chi connectivity index (χ3v) is 4.56. The quantitative estimate of drug-likeness (QED) is 0.372. The molecule has 2 rings (SSSR count). The maximum Gasteiger partial charge on any atom is 0.191 e. The van der Waals surface area contributed by atoms with Gasteiger partial charge in [0, 0.05) is 45.0 Å². The molecule has 1 aromatic heterocycles. The number of pyridine rings is 1. The van der Waals surface area contributed by atoms with Crippen molar-refractivity contribution in [3.63, 3.8) is 0 Å². The second-order valence-electron chi connectivity index (χ2n) is 6.07. The Bertz CT molecular complexity index is 516. The zero-order valence-corrected chi connectivity index (χ0v) is 18.0. The molecular weight excluding hydrogens is 429 g/mol. The van der Waals surface area contributed by atoms with Gasteiger partial charge in [-0.1, -0.05) is 32.8 Å². The van der Waals surface area contributed by atoms with Crippen LogP contribution < -0.4 is 15.5 Å². The smallest absolute Gasteiger partial charge is 0.191 e. The maximum atomic E-state index is 5.44. The molecule has 0 saturated carbocycles. The predicted molar refractivity (Wildman–Crippen MR) is 115 cm³/mol. The highest BCUT2D eigenvalue weighted by atomic mass is 127. The summed E-state index contributed by atoms with van der Waals surface area (Å²) in [5.74, 6) is 2.58. The molecular formula is C18H32IN5O. The van der Waals surface area contributed by atoms with E-state index >= 15 is 0 Å². The number of halogens is 1. The molecule has 1 fully saturated rings. The van der Waals surface area contributed by atoms with Crippen LogP contribution in [0, 0.1) is 5.92 Å². The third kappa shape index (κ3) is 6.97. The molecule has 0 aromatic carbocycles. The van der Waals surface area contributed by atoms with Crippen LogP contribution in [0.3, 0.4) is 0 Å². The van der Waals surface area contributed by atoms with Crippen LogP contribution in [0.1, 0.15) is 32.3 Å². The molecule has 1 aliphatic rings. The predicted octanol–water partition coefficient (Wildman–Crippen LogP) is 2.64. The molecule has 0 atom stereocenters. The van der Waals surface area contributed by atoms with Crippen LogP contribution in [0.25, 0.3) is 0 Å². The number of aromatic nitrogens is 1. The lowest BCUT2D eigenvalue weighted by Crippen LogP contribution is -2.40. The SMILES string of the molecule is CCC(CC)CNC(=NC)NCc1cccnc1N1CCOCC1.I. The van der Waals surface area contributed by atoms with E-state index in [2.05, 4.69) is 45.4 Å². The summed E-state index contributed by atoms with van der Waals surface area (Å²) in [6.07, 6.45) is 4.23. The number of nitrogens with one attached hydrogen (secondary N) is 2. The van der Waals surface area contributed by atoms with Crippen molar-refractivity contribution in [2.45, 2.75) is 33.2 Å². The summed E-state index contributed by atoms with van der Waals surface area (Å²) < 4.78 is 5.44. The summed E-state index contributed by atoms with van der Waals surface area (Å²) >= 11 is 0. The van der Waals surface area contributed by atoms with E-state index in [-0.39, 0.29) is 24.0 Å². The number of hydrogen-bond acceptors (Lipinski definition) is 4. The highest BCUT2D eigenvalue weighted by Gasteiger charge is 2.16. The zero-order valence-electron chi connectivity index (χ0n) is 15.6. The number of guanidine groups is 1. The third-order valence-electron chi connectivity index (χ3n) is 4.56. The standard InChI is InChI=1S/C18H31N5O.HI/c1-4-15(5-2)13-21-18(19-3)22-14-16-7-6-8-20-17(16)23-9-11-24-12-10-23;/h6-8,15H,4-5,9-14H2,1-3H3,(H2,19,21,22);1H. The van der Waals surface area contributed by atoms with Gasteiger partial charge in [-0.25, -0.2) is 4.98 Å². The molecule has 1 aliphatic heterocycles. The van der Waals surface area contributed by atoms with Gasteiger partial charge in [-0.2, -0.15) is 0 Å². The summed E-state index contributed by atoms with van der Waals surface area (Å²) in [6.45, 7) is 9.45. The van der Waals surface area contributed by atoms with E-state index in [1.54, 1.807) is 0 Å². The van der Waals surface area contributed by atoms with Crippen molar-refractivity contribution in [2.24, 2.45) is 10.9 Å². The van der Waals surface area contributed by atoms with Crippen molar-refractivity contribution in [3.05, 3.63) is 23.9 Å². The molecule has 2 N–H and O–H groups in total. The summed E-state index contributed by atoms with van der Waals surface area (Å²) in [5, 5.41) is 6.84. The second-order valence-corrected chi connectivity index (χ2v) is 6.07. The Kier molecular flexibility index (Phi) is 10.8. The minimum atomic E-state index is 0. The van der Waals surface area contributed by atoms with Crippen LogP contribution in [0.4, 0.5) is 5.82 Å². The van der Waals surface area contributed by atoms with Crippen LogP contribution in [0.15, 0.2) is 23.3 Å². The number of rotatable bonds is 7. The van der Waals surface area contributed by atoms with Crippen molar-refractivity contribution in [2.75, 3.05) is 44.8 Å². The number of aliphatic imine (C=N–C) groups is 1. The number of hydrogen-bond donors (Lipinski definition) is 2. The van der Waals surface area contributed by atoms with Gasteiger partial charge in [-0.3, -0.25) is 4.99 Å². The topological polar surface area (TPSA) is 61.8 Å². The van der Waals surface area contributed by atoms with Gasteiger partial charge >= 0.3 is 0 Å². The van der Waals surface area contributed by atoms with Crippen LogP contribution in [0.5, 0.6) is 0 Å². The van der Waals surface area contributed by atoms with E-state index in [1.165, 1.54) is 18.4 Å². The van der Waals surface area contributed by atoms with E-state index in [4.69, 9.17) is 4.74 Å². The molecule has 25 heavy (non-hydrogen) atoms. The first-order valence-corrected chi connectivity index (χ1v) is 8.99. The summed E-state index contributed by atoms with van der Waals surface area (Å²) in [6, 6.07) is 4.11. The van der Waals surface area contributed by atoms with Gasteiger partial charge in [0.15, 0.2) is 5.96 Å². The van der Waals surface area contributed by atoms with Gasteiger partial charge in [-0.05, 0) is 12.0 Å². The number of nitrogens with zero attached hydrogens (tertiary/aromatic N) is 3. The molecule has 0 amide bonds. The fraction of sp³-hybridized carbons (Fsp3) is 0.667. The summed E-state index contributed by atoms with van der Waals surface area (Å²) in [7, 11) is 1.81. The monoisotopic (exact) mass is 461 g/mol. The van der Waals surface area contributed by atoms with Gasteiger partial charge in [0.2, 0.25) is 0 Å². The Morgan fingerprint density at radius 1 is 1.28 bits per heavy atom. The van der Waals surface area contributed by atoms with E-state index < -0.39 is 0 Å². The molecule has 1 aromatic rings. The fourth-order valence-electron chi connectivity index (χ4n) is 2.85. The Morgan fingerprint density at radius 2 is 2.00 bits per heavy atom. The van der Waals surface area contributed by atoms with Crippen molar-refractivity contribution >= 4 is 35.8 Å². The molecule has 6 nitrogen and oxygen atoms in total. The highest BCUT2D eigenvalue weighted by Crippen LogP contribution is 2.18. The van der Waals surface area contributed by atoms with Gasteiger partial charge < -0.3 is 20.3 Å². The fourth-order valence-corrected chi connectivity index (χ4v) is 2.85. The van der Waals surface area contributed by atoms with Crippen LogP contribution in [-0.4, -0.2) is 50.8 Å². The molecule has 0 bridgehead atoms. The first-order valence-electron chi connectivity index (χ1n) is 8.99. The van der Waals surface area contributed by atoms with Crippen molar-refractivity contribution < 1.29 is 4.74 Å². The van der Waals surface area contributed by atoms with Crippen molar-refractivity contribution in [1.82, 2.24) is 15.6 Å². The number of anilines is 1. The minimum absolute atomic E-state index is 0. The van der Waals surface area contributed by atoms with E-state index in [9.17, 15) is 0 Å². The molecule has 0 aliphatic carbocycles. The van der Waals surface area contributed by atoms with E-state index in [0.29, 0.717) is 12.5 Å². The van der Waals surface area contributed by atoms with Crippen LogP contribution >= 0.6 is 24.0 Å². The largest absolute Gasteiger partial charge is 0.378 e. The molecule has 0 radical (unpaired) electrons. The molecule has 1 saturated heterocycles. The van der Waals surface area contributed by atoms with Gasteiger partial charge in [-0.15, -0.1) is 24.0 Å². The minimum Gasteiger partial charge on any atom is -0.378 e. The Hall–Kier alpha value is -1.09. The lowest BCUT2D eigenvalue weighted by molar-refractivity contribution is 0.122. The Labute approximate surface area is 168 Å². The first kappa shape index (κ1) is 22.0. The highest BCUT2D eigenvalue weighted by molar-refractivity contribution is 14.0. The number of ether oxygens (including phenoxy) is 1. The van der Waals surface area contributed by atoms with E-state index in [0.717, 1.165) is 44.6 Å². The van der Waals surface area contributed by atoms with Crippen molar-refractivity contribution in [1.29, 1.82) is 0 Å². The molecule has 0 unspecified atom stereocenters. The molecule has 142 valence electrons. The molecule has 2 heterocycles. The Morgan fingerprint density at radius 3 is 2.64 bits per heavy atom. The number of morpholine rings is 1. The normalized spacial score (nSPS) is 15.0. The summed E-state index contributed by atoms with van der Waals surface area (Å²) in [5.41, 5.74) is 1.19. The summed E-state index contributed by atoms with van der Waals surface area (Å²) in [4.78, 5) is 11.2. The van der Waals surface area contributed by atoms with E-state index in [1.807, 2.05) is 19.3 Å². The Balaban J connectivity index is 0.00000312. The first-order chi connectivity index (χ1) is 11.8. The van der Waals surface area contributed by atoms with Crippen LogP contribution in [-0.2, 0) is 11.3 Å². The van der Waals surface area contributed by atoms with Gasteiger partial charge in [0.1, 0.15) is 5.82 Å². The molecule has 7 heteroatoms. The second kappa shape index (κ2) is 12.3.